The molecular formula is C19H23BrN2O4. The number of halogens is 1. The monoisotopic (exact) mass is 422 g/mol. The highest BCUT2D eigenvalue weighted by atomic mass is 79.9. The van der Waals surface area contributed by atoms with E-state index in [1.165, 1.54) is 0 Å². The minimum atomic E-state index is -0.417. The van der Waals surface area contributed by atoms with Crippen LogP contribution in [0.5, 0.6) is 11.5 Å². The molecule has 0 amide bonds. The standard InChI is InChI=1S/C19H23BrN2O4/c1-3-24-17-11-14(12-21-22-15-8-6-5-7-9-15)10-16(20)19(17)26-13-18(23)25-4-2/h5-11,21-22H,3-4,12-13H2,1-2H3. The van der Waals surface area contributed by atoms with Crippen LogP contribution < -0.4 is 20.3 Å². The highest BCUT2D eigenvalue weighted by molar-refractivity contribution is 9.10. The molecular weight excluding hydrogens is 400 g/mol. The summed E-state index contributed by atoms with van der Waals surface area (Å²) in [5, 5.41) is 0. The van der Waals surface area contributed by atoms with Crippen LogP contribution in [-0.2, 0) is 16.1 Å². The van der Waals surface area contributed by atoms with E-state index in [4.69, 9.17) is 14.2 Å². The van der Waals surface area contributed by atoms with Gasteiger partial charge in [0, 0.05) is 12.2 Å². The summed E-state index contributed by atoms with van der Waals surface area (Å²) >= 11 is 3.49. The SMILES string of the molecule is CCOC(=O)COc1c(Br)cc(CNNc2ccccc2)cc1OCC. The smallest absolute Gasteiger partial charge is 0.344 e. The molecule has 140 valence electrons. The van der Waals surface area contributed by atoms with Crippen molar-refractivity contribution < 1.29 is 19.0 Å². The summed E-state index contributed by atoms with van der Waals surface area (Å²) in [5.41, 5.74) is 8.26. The van der Waals surface area contributed by atoms with Crippen molar-refractivity contribution in [3.05, 3.63) is 52.5 Å². The molecule has 0 saturated carbocycles. The van der Waals surface area contributed by atoms with E-state index in [0.29, 0.717) is 35.7 Å². The fourth-order valence-electron chi connectivity index (χ4n) is 2.23. The number of rotatable bonds is 10. The molecule has 0 saturated heterocycles. The average Bonchev–Trinajstić information content (AvgIpc) is 2.62. The molecule has 2 N–H and O–H groups in total. The predicted molar refractivity (Wildman–Crippen MR) is 104 cm³/mol. The quantitative estimate of drug-likeness (QED) is 0.446. The maximum absolute atomic E-state index is 11.5. The number of anilines is 1. The molecule has 0 atom stereocenters. The van der Waals surface area contributed by atoms with Crippen molar-refractivity contribution in [3.8, 4) is 11.5 Å². The van der Waals surface area contributed by atoms with Crippen molar-refractivity contribution in [2.24, 2.45) is 0 Å². The van der Waals surface area contributed by atoms with Crippen molar-refractivity contribution in [2.45, 2.75) is 20.4 Å². The third-order valence-electron chi connectivity index (χ3n) is 3.31. The van der Waals surface area contributed by atoms with Gasteiger partial charge in [-0.05, 0) is 59.6 Å². The number of benzene rings is 2. The highest BCUT2D eigenvalue weighted by Gasteiger charge is 2.14. The summed E-state index contributed by atoms with van der Waals surface area (Å²) in [6, 6.07) is 13.6. The largest absolute Gasteiger partial charge is 0.490 e. The van der Waals surface area contributed by atoms with Crippen LogP contribution >= 0.6 is 15.9 Å². The van der Waals surface area contributed by atoms with Crippen molar-refractivity contribution in [2.75, 3.05) is 25.2 Å². The number of para-hydroxylation sites is 1. The topological polar surface area (TPSA) is 68.8 Å². The molecule has 7 heteroatoms. The van der Waals surface area contributed by atoms with Gasteiger partial charge in [-0.1, -0.05) is 18.2 Å². The number of ether oxygens (including phenoxy) is 3. The predicted octanol–water partition coefficient (Wildman–Crippen LogP) is 3.91. The number of carbonyl (C=O) groups excluding carboxylic acids is 1. The van der Waals surface area contributed by atoms with Crippen LogP contribution in [0.3, 0.4) is 0 Å². The van der Waals surface area contributed by atoms with Gasteiger partial charge in [-0.25, -0.2) is 10.2 Å². The zero-order chi connectivity index (χ0) is 18.8. The summed E-state index contributed by atoms with van der Waals surface area (Å²) in [7, 11) is 0. The van der Waals surface area contributed by atoms with Crippen LogP contribution in [0.25, 0.3) is 0 Å². The number of nitrogens with one attached hydrogen (secondary N) is 2. The number of esters is 1. The van der Waals surface area contributed by atoms with E-state index in [-0.39, 0.29) is 6.61 Å². The number of carbonyl (C=O) groups is 1. The Balaban J connectivity index is 2.03. The molecule has 0 aliphatic rings. The van der Waals surface area contributed by atoms with Crippen LogP contribution in [0.15, 0.2) is 46.9 Å². The molecule has 2 aromatic rings. The molecule has 0 aromatic heterocycles. The Hall–Kier alpha value is -2.25. The molecule has 0 heterocycles. The van der Waals surface area contributed by atoms with E-state index in [1.54, 1.807) is 6.92 Å². The minimum Gasteiger partial charge on any atom is -0.490 e. The van der Waals surface area contributed by atoms with E-state index in [2.05, 4.69) is 26.8 Å². The Morgan fingerprint density at radius 3 is 2.54 bits per heavy atom. The molecule has 2 aromatic carbocycles. The van der Waals surface area contributed by atoms with Gasteiger partial charge in [0.15, 0.2) is 18.1 Å². The van der Waals surface area contributed by atoms with Crippen LogP contribution in [0, 0.1) is 0 Å². The first-order chi connectivity index (χ1) is 12.6. The normalized spacial score (nSPS) is 10.3. The van der Waals surface area contributed by atoms with E-state index < -0.39 is 5.97 Å². The lowest BCUT2D eigenvalue weighted by Gasteiger charge is -2.16. The van der Waals surface area contributed by atoms with Gasteiger partial charge in [-0.15, -0.1) is 0 Å². The number of hydrazine groups is 1. The van der Waals surface area contributed by atoms with Crippen LogP contribution in [0.4, 0.5) is 5.69 Å². The first-order valence-electron chi connectivity index (χ1n) is 8.41. The average molecular weight is 423 g/mol. The van der Waals surface area contributed by atoms with Crippen LogP contribution in [0.1, 0.15) is 19.4 Å². The van der Waals surface area contributed by atoms with Crippen molar-refractivity contribution in [1.29, 1.82) is 0 Å². The summed E-state index contributed by atoms with van der Waals surface area (Å²) in [4.78, 5) is 11.5. The fourth-order valence-corrected chi connectivity index (χ4v) is 2.83. The lowest BCUT2D eigenvalue weighted by Crippen LogP contribution is -2.21. The van der Waals surface area contributed by atoms with Gasteiger partial charge in [0.25, 0.3) is 0 Å². The first kappa shape index (κ1) is 20.1. The Kier molecular flexibility index (Phi) is 8.24. The number of hydrogen-bond donors (Lipinski definition) is 2. The van der Waals surface area contributed by atoms with Crippen LogP contribution in [-0.4, -0.2) is 25.8 Å². The van der Waals surface area contributed by atoms with Crippen molar-refractivity contribution >= 4 is 27.6 Å². The number of hydrogen-bond acceptors (Lipinski definition) is 6. The second-order valence-electron chi connectivity index (χ2n) is 5.28. The van der Waals surface area contributed by atoms with Gasteiger partial charge in [0.2, 0.25) is 0 Å². The molecule has 6 nitrogen and oxygen atoms in total. The Bertz CT molecular complexity index is 710. The van der Waals surface area contributed by atoms with Gasteiger partial charge in [0.05, 0.1) is 17.7 Å². The second kappa shape index (κ2) is 10.7. The fraction of sp³-hybridized carbons (Fsp3) is 0.316. The van der Waals surface area contributed by atoms with Gasteiger partial charge >= 0.3 is 5.97 Å². The van der Waals surface area contributed by atoms with E-state index >= 15 is 0 Å². The summed E-state index contributed by atoms with van der Waals surface area (Å²) in [5.74, 6) is 0.641. The molecule has 0 radical (unpaired) electrons. The van der Waals surface area contributed by atoms with E-state index in [1.807, 2.05) is 49.4 Å². The zero-order valence-corrected chi connectivity index (χ0v) is 16.5. The zero-order valence-electron chi connectivity index (χ0n) is 14.9. The lowest BCUT2D eigenvalue weighted by molar-refractivity contribution is -0.145. The summed E-state index contributed by atoms with van der Waals surface area (Å²) in [6.45, 7) is 4.86. The molecule has 26 heavy (non-hydrogen) atoms. The van der Waals surface area contributed by atoms with Crippen molar-refractivity contribution in [3.63, 3.8) is 0 Å². The second-order valence-corrected chi connectivity index (χ2v) is 6.13. The van der Waals surface area contributed by atoms with Gasteiger partial charge < -0.3 is 19.6 Å². The van der Waals surface area contributed by atoms with Gasteiger partial charge in [0.1, 0.15) is 0 Å². The molecule has 0 aliphatic heterocycles. The third kappa shape index (κ3) is 6.24. The van der Waals surface area contributed by atoms with E-state index in [9.17, 15) is 4.79 Å². The van der Waals surface area contributed by atoms with Gasteiger partial charge in [-0.3, -0.25) is 0 Å². The molecule has 0 aliphatic carbocycles. The Morgan fingerprint density at radius 1 is 1.08 bits per heavy atom. The van der Waals surface area contributed by atoms with Gasteiger partial charge in [-0.2, -0.15) is 0 Å². The molecule has 0 unspecified atom stereocenters. The minimum absolute atomic E-state index is 0.167. The maximum atomic E-state index is 11.5. The van der Waals surface area contributed by atoms with Crippen molar-refractivity contribution in [1.82, 2.24) is 5.43 Å². The maximum Gasteiger partial charge on any atom is 0.344 e. The molecule has 0 bridgehead atoms. The summed E-state index contributed by atoms with van der Waals surface area (Å²) in [6.07, 6.45) is 0. The lowest BCUT2D eigenvalue weighted by atomic mass is 10.2. The molecule has 0 fully saturated rings. The Morgan fingerprint density at radius 2 is 1.85 bits per heavy atom. The van der Waals surface area contributed by atoms with E-state index in [0.717, 1.165) is 11.3 Å². The molecule has 0 spiro atoms. The Labute approximate surface area is 161 Å². The first-order valence-corrected chi connectivity index (χ1v) is 9.20. The van der Waals surface area contributed by atoms with Crippen LogP contribution in [0.2, 0.25) is 0 Å². The molecule has 2 rings (SSSR count). The third-order valence-corrected chi connectivity index (χ3v) is 3.90. The highest BCUT2D eigenvalue weighted by Crippen LogP contribution is 2.37. The summed E-state index contributed by atoms with van der Waals surface area (Å²) < 4.78 is 16.8.